The Bertz CT molecular complexity index is 386. The Morgan fingerprint density at radius 3 is 2.59 bits per heavy atom. The van der Waals surface area contributed by atoms with Crippen molar-refractivity contribution in [1.29, 1.82) is 0 Å². The third-order valence-corrected chi connectivity index (χ3v) is 3.87. The maximum atomic E-state index is 12.0. The molecule has 1 atom stereocenters. The van der Waals surface area contributed by atoms with Crippen molar-refractivity contribution < 1.29 is 4.79 Å². The quantitative estimate of drug-likeness (QED) is 0.789. The van der Waals surface area contributed by atoms with Crippen LogP contribution in [0.4, 0.5) is 0 Å². The van der Waals surface area contributed by atoms with Gasteiger partial charge in [0.1, 0.15) is 0 Å². The van der Waals surface area contributed by atoms with Crippen LogP contribution in [0.3, 0.4) is 0 Å². The van der Waals surface area contributed by atoms with E-state index in [-0.39, 0.29) is 16.7 Å². The summed E-state index contributed by atoms with van der Waals surface area (Å²) in [7, 11) is 0. The fraction of sp³-hybridized carbons (Fsp3) is 0.500. The molecule has 1 aliphatic carbocycles. The first-order valence-electron chi connectivity index (χ1n) is 6.13. The van der Waals surface area contributed by atoms with Crippen LogP contribution < -0.4 is 5.32 Å². The highest BCUT2D eigenvalue weighted by Crippen LogP contribution is 2.31. The van der Waals surface area contributed by atoms with E-state index in [0.29, 0.717) is 6.42 Å². The van der Waals surface area contributed by atoms with Gasteiger partial charge in [-0.15, -0.1) is 0 Å². The lowest BCUT2D eigenvalue weighted by Gasteiger charge is -2.39. The Kier molecular flexibility index (Phi) is 3.77. The van der Waals surface area contributed by atoms with Crippen molar-refractivity contribution in [2.75, 3.05) is 0 Å². The first kappa shape index (κ1) is 12.5. The molecule has 2 nitrogen and oxygen atoms in total. The molecule has 1 amide bonds. The second kappa shape index (κ2) is 5.13. The average molecular weight is 249 g/mol. The van der Waals surface area contributed by atoms with Crippen molar-refractivity contribution in [2.24, 2.45) is 0 Å². The standard InChI is InChI=1S/C14H19NOS/c1-14(8-5-9-14)15-13(16)12(17)10-11-6-3-2-4-7-11/h2-4,6-7,12,17H,5,8-10H2,1H3,(H,15,16). The number of hydrogen-bond donors (Lipinski definition) is 2. The summed E-state index contributed by atoms with van der Waals surface area (Å²) in [6.07, 6.45) is 4.08. The number of benzene rings is 1. The summed E-state index contributed by atoms with van der Waals surface area (Å²) in [6.45, 7) is 2.11. The molecule has 0 radical (unpaired) electrons. The Balaban J connectivity index is 1.87. The summed E-state index contributed by atoms with van der Waals surface area (Å²) in [5, 5.41) is 2.84. The van der Waals surface area contributed by atoms with Crippen LogP contribution in [0, 0.1) is 0 Å². The molecule has 0 aromatic heterocycles. The number of carbonyl (C=O) groups is 1. The van der Waals surface area contributed by atoms with E-state index in [1.165, 1.54) is 6.42 Å². The van der Waals surface area contributed by atoms with Crippen molar-refractivity contribution in [3.8, 4) is 0 Å². The minimum atomic E-state index is -0.255. The highest BCUT2D eigenvalue weighted by molar-refractivity contribution is 7.81. The van der Waals surface area contributed by atoms with E-state index < -0.39 is 0 Å². The predicted octanol–water partition coefficient (Wildman–Crippen LogP) is 2.59. The van der Waals surface area contributed by atoms with Gasteiger partial charge >= 0.3 is 0 Å². The third-order valence-electron chi connectivity index (χ3n) is 3.46. The lowest BCUT2D eigenvalue weighted by molar-refractivity contribution is -0.123. The van der Waals surface area contributed by atoms with Gasteiger partial charge in [0.05, 0.1) is 5.25 Å². The fourth-order valence-electron chi connectivity index (χ4n) is 2.14. The molecule has 1 N–H and O–H groups in total. The normalized spacial score (nSPS) is 19.2. The monoisotopic (exact) mass is 249 g/mol. The minimum absolute atomic E-state index is 0.0226. The van der Waals surface area contributed by atoms with Crippen LogP contribution >= 0.6 is 12.6 Å². The van der Waals surface area contributed by atoms with E-state index in [1.807, 2.05) is 30.3 Å². The van der Waals surface area contributed by atoms with Crippen LogP contribution in [0.25, 0.3) is 0 Å². The lowest BCUT2D eigenvalue weighted by atomic mass is 9.78. The van der Waals surface area contributed by atoms with Crippen molar-refractivity contribution in [1.82, 2.24) is 5.32 Å². The number of amides is 1. The molecule has 3 heteroatoms. The highest BCUT2D eigenvalue weighted by atomic mass is 32.1. The van der Waals surface area contributed by atoms with Crippen LogP contribution in [0.5, 0.6) is 0 Å². The van der Waals surface area contributed by atoms with E-state index in [9.17, 15) is 4.79 Å². The van der Waals surface area contributed by atoms with E-state index in [0.717, 1.165) is 18.4 Å². The van der Waals surface area contributed by atoms with Gasteiger partial charge in [-0.1, -0.05) is 30.3 Å². The molecule has 1 fully saturated rings. The Morgan fingerprint density at radius 1 is 1.41 bits per heavy atom. The Morgan fingerprint density at radius 2 is 2.06 bits per heavy atom. The molecule has 1 aromatic carbocycles. The van der Waals surface area contributed by atoms with Crippen molar-refractivity contribution in [3.05, 3.63) is 35.9 Å². The zero-order valence-corrected chi connectivity index (χ0v) is 11.0. The summed E-state index contributed by atoms with van der Waals surface area (Å²) in [6, 6.07) is 10.0. The molecule has 0 spiro atoms. The van der Waals surface area contributed by atoms with Crippen LogP contribution in [0.2, 0.25) is 0 Å². The summed E-state index contributed by atoms with van der Waals surface area (Å²) in [4.78, 5) is 12.0. The summed E-state index contributed by atoms with van der Waals surface area (Å²) < 4.78 is 0. The molecule has 0 aliphatic heterocycles. The van der Waals surface area contributed by atoms with E-state index in [1.54, 1.807) is 0 Å². The van der Waals surface area contributed by atoms with Gasteiger partial charge < -0.3 is 5.32 Å². The second-order valence-electron chi connectivity index (χ2n) is 5.11. The van der Waals surface area contributed by atoms with Gasteiger partial charge in [0.15, 0.2) is 0 Å². The number of nitrogens with one attached hydrogen (secondary N) is 1. The molecule has 1 aliphatic rings. The molecular weight excluding hydrogens is 230 g/mol. The lowest BCUT2D eigenvalue weighted by Crippen LogP contribution is -2.53. The summed E-state index contributed by atoms with van der Waals surface area (Å²) in [5.74, 6) is 0.0550. The SMILES string of the molecule is CC1(NC(=O)C(S)Cc2ccccc2)CCC1. The van der Waals surface area contributed by atoms with Crippen LogP contribution in [0.1, 0.15) is 31.7 Å². The first-order chi connectivity index (χ1) is 8.09. The predicted molar refractivity (Wildman–Crippen MR) is 73.3 cm³/mol. The number of rotatable bonds is 4. The molecule has 1 saturated carbocycles. The molecule has 0 bridgehead atoms. The van der Waals surface area contributed by atoms with Crippen molar-refractivity contribution >= 4 is 18.5 Å². The first-order valence-corrected chi connectivity index (χ1v) is 6.65. The smallest absolute Gasteiger partial charge is 0.233 e. The van der Waals surface area contributed by atoms with E-state index >= 15 is 0 Å². The van der Waals surface area contributed by atoms with E-state index in [2.05, 4.69) is 24.9 Å². The third kappa shape index (κ3) is 3.25. The van der Waals surface area contributed by atoms with Crippen LogP contribution in [-0.4, -0.2) is 16.7 Å². The summed E-state index contributed by atoms with van der Waals surface area (Å²) in [5.41, 5.74) is 1.18. The zero-order valence-electron chi connectivity index (χ0n) is 10.1. The maximum Gasteiger partial charge on any atom is 0.233 e. The average Bonchev–Trinajstić information content (AvgIpc) is 2.28. The number of hydrogen-bond acceptors (Lipinski definition) is 2. The van der Waals surface area contributed by atoms with Gasteiger partial charge in [-0.25, -0.2) is 0 Å². The van der Waals surface area contributed by atoms with Gasteiger partial charge in [0.2, 0.25) is 5.91 Å². The van der Waals surface area contributed by atoms with Crippen molar-refractivity contribution in [3.63, 3.8) is 0 Å². The minimum Gasteiger partial charge on any atom is -0.350 e. The van der Waals surface area contributed by atoms with Crippen molar-refractivity contribution in [2.45, 2.75) is 43.4 Å². The molecule has 0 heterocycles. The van der Waals surface area contributed by atoms with E-state index in [4.69, 9.17) is 0 Å². The van der Waals surface area contributed by atoms with Gasteiger partial charge in [-0.3, -0.25) is 4.79 Å². The molecular formula is C14H19NOS. The molecule has 0 saturated heterocycles. The van der Waals surface area contributed by atoms with Crippen LogP contribution in [0.15, 0.2) is 30.3 Å². The number of carbonyl (C=O) groups excluding carboxylic acids is 1. The zero-order chi connectivity index (χ0) is 12.3. The highest BCUT2D eigenvalue weighted by Gasteiger charge is 2.34. The number of thiol groups is 1. The van der Waals surface area contributed by atoms with Gasteiger partial charge in [0, 0.05) is 5.54 Å². The molecule has 92 valence electrons. The maximum absolute atomic E-state index is 12.0. The Hall–Kier alpha value is -0.960. The summed E-state index contributed by atoms with van der Waals surface area (Å²) >= 11 is 4.40. The molecule has 1 unspecified atom stereocenters. The largest absolute Gasteiger partial charge is 0.350 e. The fourth-order valence-corrected chi connectivity index (χ4v) is 2.42. The van der Waals surface area contributed by atoms with Crippen LogP contribution in [-0.2, 0) is 11.2 Å². The Labute approximate surface area is 108 Å². The molecule has 17 heavy (non-hydrogen) atoms. The molecule has 1 aromatic rings. The molecule has 2 rings (SSSR count). The van der Waals surface area contributed by atoms with Gasteiger partial charge in [-0.2, -0.15) is 12.6 Å². The van der Waals surface area contributed by atoms with Gasteiger partial charge in [-0.05, 0) is 38.2 Å². The topological polar surface area (TPSA) is 29.1 Å². The van der Waals surface area contributed by atoms with Gasteiger partial charge in [0.25, 0.3) is 0 Å². The second-order valence-corrected chi connectivity index (χ2v) is 5.73.